The number of halogens is 1. The molecule has 1 fully saturated rings. The van der Waals surface area contributed by atoms with Gasteiger partial charge in [-0.25, -0.2) is 0 Å². The van der Waals surface area contributed by atoms with E-state index < -0.39 is 5.97 Å². The second kappa shape index (κ2) is 6.43. The number of carbonyl (C=O) groups is 1. The molecule has 19 heavy (non-hydrogen) atoms. The number of nitrogens with zero attached hydrogens (tertiary/aromatic N) is 1. The number of carboxylic acid groups (broad SMARTS) is 1. The van der Waals surface area contributed by atoms with Crippen molar-refractivity contribution >= 4 is 29.9 Å². The molecular weight excluding hydrogens is 266 g/mol. The van der Waals surface area contributed by atoms with Crippen LogP contribution in [0, 0.1) is 11.3 Å². The summed E-state index contributed by atoms with van der Waals surface area (Å²) in [5.41, 5.74) is 7.16. The lowest BCUT2D eigenvalue weighted by molar-refractivity contribution is -0.142. The Balaban J connectivity index is 0.00000180. The number of carboxylic acids is 1. The molecule has 4 N–H and O–H groups in total. The number of hydrogen-bond donors (Lipinski definition) is 3. The van der Waals surface area contributed by atoms with E-state index in [0.717, 1.165) is 18.8 Å². The number of hydrogen-bond acceptors (Lipinski definition) is 3. The van der Waals surface area contributed by atoms with E-state index in [2.05, 4.69) is 4.90 Å². The van der Waals surface area contributed by atoms with Crippen molar-refractivity contribution in [1.29, 1.82) is 5.41 Å². The molecule has 2 rings (SSSR count). The van der Waals surface area contributed by atoms with Gasteiger partial charge in [0, 0.05) is 24.3 Å². The average Bonchev–Trinajstić information content (AvgIpc) is 2.39. The lowest BCUT2D eigenvalue weighted by atomic mass is 9.96. The van der Waals surface area contributed by atoms with E-state index in [0.29, 0.717) is 18.4 Å². The predicted octanol–water partition coefficient (Wildman–Crippen LogP) is 1.69. The van der Waals surface area contributed by atoms with Gasteiger partial charge < -0.3 is 15.7 Å². The van der Waals surface area contributed by atoms with Crippen LogP contribution in [-0.4, -0.2) is 30.0 Å². The maximum absolute atomic E-state index is 10.9. The molecule has 1 aliphatic heterocycles. The van der Waals surface area contributed by atoms with Crippen LogP contribution in [0.1, 0.15) is 18.4 Å². The van der Waals surface area contributed by atoms with Gasteiger partial charge in [-0.2, -0.15) is 0 Å². The van der Waals surface area contributed by atoms with E-state index in [1.54, 1.807) is 0 Å². The van der Waals surface area contributed by atoms with Gasteiger partial charge in [0.05, 0.1) is 5.92 Å². The van der Waals surface area contributed by atoms with E-state index in [-0.39, 0.29) is 24.2 Å². The highest BCUT2D eigenvalue weighted by atomic mass is 35.5. The summed E-state index contributed by atoms with van der Waals surface area (Å²) in [5, 5.41) is 16.3. The summed E-state index contributed by atoms with van der Waals surface area (Å²) >= 11 is 0. The Morgan fingerprint density at radius 1 is 1.26 bits per heavy atom. The summed E-state index contributed by atoms with van der Waals surface area (Å²) in [6.45, 7) is 1.52. The molecule has 104 valence electrons. The smallest absolute Gasteiger partial charge is 0.306 e. The second-order valence-corrected chi connectivity index (χ2v) is 4.56. The number of nitrogens with two attached hydrogens (primary N) is 1. The number of nitrogens with one attached hydrogen (secondary N) is 1. The van der Waals surface area contributed by atoms with Crippen LogP contribution in [0.5, 0.6) is 0 Å². The van der Waals surface area contributed by atoms with Crippen LogP contribution in [0.25, 0.3) is 0 Å². The Hall–Kier alpha value is -1.75. The number of nitrogen functional groups attached to an aromatic ring is 1. The van der Waals surface area contributed by atoms with E-state index in [1.807, 2.05) is 24.3 Å². The molecule has 0 bridgehead atoms. The van der Waals surface area contributed by atoms with Gasteiger partial charge in [-0.15, -0.1) is 12.4 Å². The molecule has 0 unspecified atom stereocenters. The maximum atomic E-state index is 10.9. The Bertz CT molecular complexity index is 453. The first-order valence-electron chi connectivity index (χ1n) is 6.00. The molecule has 0 atom stereocenters. The summed E-state index contributed by atoms with van der Waals surface area (Å²) in [5.74, 6) is -0.842. The van der Waals surface area contributed by atoms with Gasteiger partial charge in [0.15, 0.2) is 0 Å². The second-order valence-electron chi connectivity index (χ2n) is 4.56. The fourth-order valence-electron chi connectivity index (χ4n) is 2.24. The zero-order valence-corrected chi connectivity index (χ0v) is 11.3. The van der Waals surface area contributed by atoms with E-state index in [4.69, 9.17) is 16.2 Å². The molecule has 0 aromatic heterocycles. The minimum absolute atomic E-state index is 0. The van der Waals surface area contributed by atoms with Gasteiger partial charge in [0.25, 0.3) is 0 Å². The third kappa shape index (κ3) is 3.61. The summed E-state index contributed by atoms with van der Waals surface area (Å²) in [4.78, 5) is 13.0. The number of piperidine rings is 1. The normalized spacial score (nSPS) is 15.7. The third-order valence-electron chi connectivity index (χ3n) is 3.39. The van der Waals surface area contributed by atoms with Crippen LogP contribution in [0.2, 0.25) is 0 Å². The predicted molar refractivity (Wildman–Crippen MR) is 77.3 cm³/mol. The lowest BCUT2D eigenvalue weighted by Crippen LogP contribution is -2.36. The summed E-state index contributed by atoms with van der Waals surface area (Å²) < 4.78 is 0. The van der Waals surface area contributed by atoms with Gasteiger partial charge in [0.2, 0.25) is 0 Å². The number of rotatable bonds is 3. The summed E-state index contributed by atoms with van der Waals surface area (Å²) in [6, 6.07) is 7.50. The fourth-order valence-corrected chi connectivity index (χ4v) is 2.24. The molecule has 0 radical (unpaired) electrons. The van der Waals surface area contributed by atoms with Crippen molar-refractivity contribution in [1.82, 2.24) is 0 Å². The highest BCUT2D eigenvalue weighted by molar-refractivity contribution is 5.95. The third-order valence-corrected chi connectivity index (χ3v) is 3.39. The van der Waals surface area contributed by atoms with E-state index in [9.17, 15) is 4.79 Å². The van der Waals surface area contributed by atoms with Crippen LogP contribution < -0.4 is 10.6 Å². The van der Waals surface area contributed by atoms with Crippen molar-refractivity contribution < 1.29 is 9.90 Å². The topological polar surface area (TPSA) is 90.4 Å². The minimum atomic E-state index is -0.693. The zero-order chi connectivity index (χ0) is 13.1. The minimum Gasteiger partial charge on any atom is -0.481 e. The quantitative estimate of drug-likeness (QED) is 0.582. The zero-order valence-electron chi connectivity index (χ0n) is 10.5. The molecule has 1 saturated heterocycles. The highest BCUT2D eigenvalue weighted by Crippen LogP contribution is 2.23. The summed E-state index contributed by atoms with van der Waals surface area (Å²) in [6.07, 6.45) is 1.37. The van der Waals surface area contributed by atoms with Crippen molar-refractivity contribution in [2.45, 2.75) is 12.8 Å². The van der Waals surface area contributed by atoms with Crippen molar-refractivity contribution in [2.24, 2.45) is 11.7 Å². The molecule has 0 spiro atoms. The van der Waals surface area contributed by atoms with Gasteiger partial charge in [-0.3, -0.25) is 10.2 Å². The van der Waals surface area contributed by atoms with Crippen molar-refractivity contribution in [3.8, 4) is 0 Å². The van der Waals surface area contributed by atoms with E-state index >= 15 is 0 Å². The first-order chi connectivity index (χ1) is 8.58. The van der Waals surface area contributed by atoms with Crippen LogP contribution in [-0.2, 0) is 4.79 Å². The largest absolute Gasteiger partial charge is 0.481 e. The molecule has 1 heterocycles. The van der Waals surface area contributed by atoms with Crippen molar-refractivity contribution in [2.75, 3.05) is 18.0 Å². The molecule has 6 heteroatoms. The molecule has 1 aromatic rings. The Morgan fingerprint density at radius 3 is 2.21 bits per heavy atom. The van der Waals surface area contributed by atoms with Gasteiger partial charge in [-0.05, 0) is 37.1 Å². The van der Waals surface area contributed by atoms with Crippen LogP contribution in [0.4, 0.5) is 5.69 Å². The standard InChI is InChI=1S/C13H17N3O2.ClH/c14-12(15)9-1-3-11(4-2-9)16-7-5-10(6-8-16)13(17)18;/h1-4,10H,5-8H2,(H3,14,15)(H,17,18);1H. The highest BCUT2D eigenvalue weighted by Gasteiger charge is 2.24. The fraction of sp³-hybridized carbons (Fsp3) is 0.385. The number of anilines is 1. The molecular formula is C13H18ClN3O2. The molecule has 0 aliphatic carbocycles. The molecule has 5 nitrogen and oxygen atoms in total. The van der Waals surface area contributed by atoms with Crippen LogP contribution in [0.15, 0.2) is 24.3 Å². The SMILES string of the molecule is Cl.N=C(N)c1ccc(N2CCC(C(=O)O)CC2)cc1. The number of amidine groups is 1. The Morgan fingerprint density at radius 2 is 1.79 bits per heavy atom. The van der Waals surface area contributed by atoms with Crippen LogP contribution >= 0.6 is 12.4 Å². The first kappa shape index (κ1) is 15.3. The van der Waals surface area contributed by atoms with E-state index in [1.165, 1.54) is 0 Å². The van der Waals surface area contributed by atoms with Gasteiger partial charge in [0.1, 0.15) is 5.84 Å². The maximum Gasteiger partial charge on any atom is 0.306 e. The van der Waals surface area contributed by atoms with Crippen molar-refractivity contribution in [3.05, 3.63) is 29.8 Å². The molecule has 0 amide bonds. The van der Waals surface area contributed by atoms with Crippen LogP contribution in [0.3, 0.4) is 0 Å². The number of aliphatic carboxylic acids is 1. The summed E-state index contributed by atoms with van der Waals surface area (Å²) in [7, 11) is 0. The molecule has 1 aliphatic rings. The van der Waals surface area contributed by atoms with Gasteiger partial charge >= 0.3 is 5.97 Å². The number of benzene rings is 1. The average molecular weight is 284 g/mol. The Labute approximate surface area is 118 Å². The van der Waals surface area contributed by atoms with Gasteiger partial charge in [-0.1, -0.05) is 0 Å². The molecule has 0 saturated carbocycles. The molecule has 1 aromatic carbocycles. The van der Waals surface area contributed by atoms with Crippen molar-refractivity contribution in [3.63, 3.8) is 0 Å². The Kier molecular flexibility index (Phi) is 5.18. The lowest BCUT2D eigenvalue weighted by Gasteiger charge is -2.32. The monoisotopic (exact) mass is 283 g/mol. The first-order valence-corrected chi connectivity index (χ1v) is 6.00.